The van der Waals surface area contributed by atoms with Crippen LogP contribution in [0.4, 0.5) is 9.59 Å². The maximum atomic E-state index is 14.6. The van der Waals surface area contributed by atoms with E-state index >= 15 is 0 Å². The molecule has 1 fully saturated rings. The van der Waals surface area contributed by atoms with E-state index in [9.17, 15) is 19.2 Å². The monoisotopic (exact) mass is 926 g/mol. The number of likely N-dealkylation sites (tertiary alicyclic amines) is 1. The molecule has 14 heteroatoms. The molecule has 3 atom stereocenters. The topological polar surface area (TPSA) is 166 Å². The summed E-state index contributed by atoms with van der Waals surface area (Å²) in [6, 6.07) is 36.8. The van der Waals surface area contributed by atoms with Crippen molar-refractivity contribution in [3.8, 4) is 33.6 Å². The smallest absolute Gasteiger partial charge is 0.411 e. The number of hydrogen-bond donors (Lipinski definition) is 3. The predicted octanol–water partition coefficient (Wildman–Crippen LogP) is 10.0. The van der Waals surface area contributed by atoms with Gasteiger partial charge in [-0.25, -0.2) is 19.6 Å². The van der Waals surface area contributed by atoms with Crippen LogP contribution in [0.25, 0.3) is 44.4 Å². The Morgan fingerprint density at radius 3 is 2.22 bits per heavy atom. The number of ether oxygens (including phenoxy) is 2. The highest BCUT2D eigenvalue weighted by atomic mass is 16.6. The van der Waals surface area contributed by atoms with Crippen LogP contribution in [0, 0.1) is 5.92 Å². The zero-order chi connectivity index (χ0) is 48.0. The molecule has 5 aromatic carbocycles. The van der Waals surface area contributed by atoms with Crippen LogP contribution < -0.4 is 5.32 Å². The Balaban J connectivity index is 0.862. The van der Waals surface area contributed by atoms with Gasteiger partial charge in [0.05, 0.1) is 43.5 Å². The summed E-state index contributed by atoms with van der Waals surface area (Å²) in [5, 5.41) is 4.89. The standard InChI is InChI=1S/C55H58N8O6/c1-5-26-61(53(65)50-44-15-10-9-14-38(44)25-28-63(50)55(67)69-34-36-12-7-6-8-13-36)33-48-56-31-45(58-48)39-19-17-37(18-20-39)40-21-22-42-30-43(24-23-41(42)29-40)46-32-57-51(59-46)47-16-11-27-62(47)52(64)49(35(2)3)60-54(66)68-4/h6-10,12-15,17-24,29-32,35,47,49-50H,5,11,16,25-28,33-34H2,1-4H3,(H,56,58)(H,57,59)(H,60,66)/t47-,49-,50+/m0/s1. The van der Waals surface area contributed by atoms with Gasteiger partial charge in [-0.15, -0.1) is 0 Å². The molecule has 4 heterocycles. The fraction of sp³-hybridized carbons (Fsp3) is 0.309. The number of amides is 4. The number of rotatable bonds is 14. The highest BCUT2D eigenvalue weighted by molar-refractivity contribution is 5.91. The zero-order valence-corrected chi connectivity index (χ0v) is 39.5. The van der Waals surface area contributed by atoms with E-state index in [0.29, 0.717) is 31.9 Å². The third-order valence-electron chi connectivity index (χ3n) is 13.3. The largest absolute Gasteiger partial charge is 0.453 e. The second-order valence-electron chi connectivity index (χ2n) is 18.2. The number of aromatic nitrogens is 4. The van der Waals surface area contributed by atoms with Crippen molar-refractivity contribution in [1.82, 2.24) is 40.0 Å². The Morgan fingerprint density at radius 1 is 0.783 bits per heavy atom. The number of nitrogens with zero attached hydrogens (tertiary/aromatic N) is 5. The van der Waals surface area contributed by atoms with E-state index in [0.717, 1.165) is 86.2 Å². The molecule has 4 amide bonds. The first-order valence-corrected chi connectivity index (χ1v) is 23.8. The van der Waals surface area contributed by atoms with Crippen molar-refractivity contribution >= 4 is 34.8 Å². The van der Waals surface area contributed by atoms with Gasteiger partial charge in [0.1, 0.15) is 30.3 Å². The lowest BCUT2D eigenvalue weighted by Gasteiger charge is -2.38. The minimum absolute atomic E-state index is 0.111. The molecule has 1 saturated heterocycles. The zero-order valence-electron chi connectivity index (χ0n) is 39.5. The molecule has 0 bridgehead atoms. The van der Waals surface area contributed by atoms with Crippen molar-refractivity contribution in [2.24, 2.45) is 5.92 Å². The highest BCUT2D eigenvalue weighted by Gasteiger charge is 2.40. The van der Waals surface area contributed by atoms with Crippen LogP contribution >= 0.6 is 0 Å². The van der Waals surface area contributed by atoms with Crippen LogP contribution in [0.2, 0.25) is 0 Å². The molecule has 7 aromatic rings. The van der Waals surface area contributed by atoms with Crippen molar-refractivity contribution in [2.45, 2.75) is 77.7 Å². The fourth-order valence-corrected chi connectivity index (χ4v) is 9.59. The molecule has 0 spiro atoms. The molecule has 0 saturated carbocycles. The molecule has 0 aliphatic carbocycles. The summed E-state index contributed by atoms with van der Waals surface area (Å²) in [5.41, 5.74) is 8.57. The second-order valence-corrected chi connectivity index (χ2v) is 18.2. The van der Waals surface area contributed by atoms with Crippen LogP contribution in [-0.4, -0.2) is 91.4 Å². The van der Waals surface area contributed by atoms with E-state index in [-0.39, 0.29) is 36.9 Å². The van der Waals surface area contributed by atoms with Crippen molar-refractivity contribution in [3.63, 3.8) is 0 Å². The number of aromatic amines is 2. The molecule has 3 N–H and O–H groups in total. The van der Waals surface area contributed by atoms with Gasteiger partial charge in [-0.3, -0.25) is 14.5 Å². The van der Waals surface area contributed by atoms with E-state index in [1.54, 1.807) is 16.0 Å². The van der Waals surface area contributed by atoms with Gasteiger partial charge in [0.15, 0.2) is 0 Å². The molecular weight excluding hydrogens is 869 g/mol. The van der Waals surface area contributed by atoms with E-state index in [1.165, 1.54) is 7.11 Å². The number of fused-ring (bicyclic) bond motifs is 2. The van der Waals surface area contributed by atoms with Gasteiger partial charge in [-0.2, -0.15) is 0 Å². The van der Waals surface area contributed by atoms with Crippen LogP contribution in [0.5, 0.6) is 0 Å². The van der Waals surface area contributed by atoms with Crippen LogP contribution in [0.3, 0.4) is 0 Å². The number of H-pyrrole nitrogens is 2. The second kappa shape index (κ2) is 20.6. The number of imidazole rings is 2. The van der Waals surface area contributed by atoms with E-state index in [1.807, 2.05) is 86.5 Å². The van der Waals surface area contributed by atoms with Crippen LogP contribution in [0.15, 0.2) is 128 Å². The third-order valence-corrected chi connectivity index (χ3v) is 13.3. The summed E-state index contributed by atoms with van der Waals surface area (Å²) < 4.78 is 10.5. The van der Waals surface area contributed by atoms with Crippen LogP contribution in [-0.2, 0) is 38.6 Å². The summed E-state index contributed by atoms with van der Waals surface area (Å²) in [6.45, 7) is 7.69. The number of alkyl carbamates (subject to hydrolysis) is 1. The molecule has 2 aliphatic heterocycles. The fourth-order valence-electron chi connectivity index (χ4n) is 9.59. The van der Waals surface area contributed by atoms with Crippen LogP contribution in [0.1, 0.15) is 80.5 Å². The maximum Gasteiger partial charge on any atom is 0.411 e. The highest BCUT2D eigenvalue weighted by Crippen LogP contribution is 2.36. The molecule has 0 radical (unpaired) electrons. The maximum absolute atomic E-state index is 14.6. The Bertz CT molecular complexity index is 2950. The SMILES string of the molecule is CCCN(Cc1ncc(-c2ccc(-c3ccc4cc(-c5cnc([C@@H]6CCCN6C(=O)[C@@H](NC(=O)OC)C(C)C)[nH]5)ccc4c3)cc2)[nH]1)C(=O)[C@H]1c2ccccc2CCN1C(=O)OCc1ccccc1. The minimum Gasteiger partial charge on any atom is -0.453 e. The number of nitrogens with one attached hydrogen (secondary N) is 3. The molecule has 2 aliphatic rings. The molecule has 354 valence electrons. The number of hydrogen-bond acceptors (Lipinski definition) is 8. The molecule has 14 nitrogen and oxygen atoms in total. The van der Waals surface area contributed by atoms with Gasteiger partial charge in [-0.1, -0.05) is 124 Å². The molecule has 69 heavy (non-hydrogen) atoms. The lowest BCUT2D eigenvalue weighted by molar-refractivity contribution is -0.138. The number of methoxy groups -OCH3 is 1. The molecule has 2 aromatic heterocycles. The average Bonchev–Trinajstić information content (AvgIpc) is 4.19. The Labute approximate surface area is 402 Å². The Kier molecular flexibility index (Phi) is 13.9. The minimum atomic E-state index is -0.815. The van der Waals surface area contributed by atoms with E-state index in [2.05, 4.69) is 75.9 Å². The van der Waals surface area contributed by atoms with Crippen molar-refractivity contribution in [1.29, 1.82) is 0 Å². The lowest BCUT2D eigenvalue weighted by atomic mass is 9.92. The Morgan fingerprint density at radius 2 is 1.46 bits per heavy atom. The van der Waals surface area contributed by atoms with Crippen molar-refractivity contribution in [2.75, 3.05) is 26.7 Å². The van der Waals surface area contributed by atoms with Gasteiger partial charge in [0.25, 0.3) is 5.91 Å². The molecule has 0 unspecified atom stereocenters. The number of carbonyl (C=O) groups excluding carboxylic acids is 4. The van der Waals surface area contributed by atoms with Gasteiger partial charge in [0.2, 0.25) is 5.91 Å². The molecule has 9 rings (SSSR count). The van der Waals surface area contributed by atoms with E-state index < -0.39 is 24.3 Å². The molecular formula is C55H58N8O6. The third kappa shape index (κ3) is 10.1. The van der Waals surface area contributed by atoms with Crippen molar-refractivity contribution in [3.05, 3.63) is 156 Å². The van der Waals surface area contributed by atoms with Gasteiger partial charge >= 0.3 is 12.2 Å². The summed E-state index contributed by atoms with van der Waals surface area (Å²) >= 11 is 0. The predicted molar refractivity (Wildman–Crippen MR) is 264 cm³/mol. The van der Waals surface area contributed by atoms with E-state index in [4.69, 9.17) is 19.4 Å². The summed E-state index contributed by atoms with van der Waals surface area (Å²) in [7, 11) is 1.29. The first-order valence-electron chi connectivity index (χ1n) is 23.8. The summed E-state index contributed by atoms with van der Waals surface area (Å²) in [5.74, 6) is 0.958. The first kappa shape index (κ1) is 46.4. The number of benzene rings is 5. The van der Waals surface area contributed by atoms with Gasteiger partial charge in [-0.05, 0) is 87.9 Å². The lowest BCUT2D eigenvalue weighted by Crippen LogP contribution is -2.51. The van der Waals surface area contributed by atoms with Crippen molar-refractivity contribution < 1.29 is 28.7 Å². The summed E-state index contributed by atoms with van der Waals surface area (Å²) in [6.07, 6.45) is 5.48. The van der Waals surface area contributed by atoms with Gasteiger partial charge in [0, 0.05) is 25.2 Å². The van der Waals surface area contributed by atoms with Gasteiger partial charge < -0.3 is 34.6 Å². The Hall–Kier alpha value is -7.74. The normalized spacial score (nSPS) is 16.0. The quantitative estimate of drug-likeness (QED) is 0.0970. The summed E-state index contributed by atoms with van der Waals surface area (Å²) in [4.78, 5) is 75.5. The number of carbonyl (C=O) groups is 4. The average molecular weight is 927 g/mol. The first-order chi connectivity index (χ1) is 33.6.